The third-order valence-electron chi connectivity index (χ3n) is 7.10. The van der Waals surface area contributed by atoms with Crippen molar-refractivity contribution in [3.8, 4) is 0 Å². The molecule has 1 saturated heterocycles. The summed E-state index contributed by atoms with van der Waals surface area (Å²) in [4.78, 5) is 25.5. The maximum atomic E-state index is 11.6. The van der Waals surface area contributed by atoms with Gasteiger partial charge >= 0.3 is 12.2 Å². The van der Waals surface area contributed by atoms with Gasteiger partial charge in [0.05, 0.1) is 6.17 Å². The zero-order valence-electron chi connectivity index (χ0n) is 20.1. The highest BCUT2D eigenvalue weighted by atomic mass is 16.6. The topological polar surface area (TPSA) is 82.7 Å². The van der Waals surface area contributed by atoms with Gasteiger partial charge in [-0.05, 0) is 62.8 Å². The summed E-state index contributed by atoms with van der Waals surface area (Å²) in [6.45, 7) is 7.84. The van der Waals surface area contributed by atoms with Crippen LogP contribution >= 0.6 is 0 Å². The van der Waals surface area contributed by atoms with Crippen LogP contribution < -0.4 is 20.9 Å². The summed E-state index contributed by atoms with van der Waals surface area (Å²) in [7, 11) is 2.20. The maximum absolute atomic E-state index is 11.6. The Hall–Kier alpha value is -2.28. The number of benzene rings is 1. The number of carbonyl (C=O) groups is 2. The average molecular weight is 445 g/mol. The van der Waals surface area contributed by atoms with Crippen LogP contribution in [0.2, 0.25) is 0 Å². The fraction of sp³-hybridized carbons (Fsp3) is 0.680. The largest absolute Gasteiger partial charge is 0.416 e. The molecule has 7 heteroatoms. The number of anilines is 1. The molecule has 3 atom stereocenters. The van der Waals surface area contributed by atoms with Crippen molar-refractivity contribution in [1.29, 1.82) is 0 Å². The lowest BCUT2D eigenvalue weighted by molar-refractivity contribution is 0.148. The van der Waals surface area contributed by atoms with E-state index in [4.69, 9.17) is 0 Å². The van der Waals surface area contributed by atoms with Crippen LogP contribution in [0.3, 0.4) is 0 Å². The first-order valence-electron chi connectivity index (χ1n) is 12.2. The monoisotopic (exact) mass is 444 g/mol. The second-order valence-corrected chi connectivity index (χ2v) is 9.56. The fourth-order valence-electron chi connectivity index (χ4n) is 4.95. The van der Waals surface area contributed by atoms with Crippen LogP contribution in [0.4, 0.5) is 15.3 Å². The molecule has 0 spiro atoms. The van der Waals surface area contributed by atoms with E-state index >= 15 is 0 Å². The van der Waals surface area contributed by atoms with Gasteiger partial charge in [-0.15, -0.1) is 0 Å². The Labute approximate surface area is 192 Å². The van der Waals surface area contributed by atoms with Crippen LogP contribution in [0.15, 0.2) is 18.2 Å². The van der Waals surface area contributed by atoms with Crippen LogP contribution in [-0.2, 0) is 16.6 Å². The van der Waals surface area contributed by atoms with Crippen molar-refractivity contribution in [3.05, 3.63) is 29.3 Å². The molecule has 1 aromatic rings. The van der Waals surface area contributed by atoms with E-state index in [0.717, 1.165) is 38.6 Å². The molecule has 1 unspecified atom stereocenters. The molecule has 1 aromatic carbocycles. The first kappa shape index (κ1) is 24.4. The second kappa shape index (κ2) is 11.0. The van der Waals surface area contributed by atoms with Crippen molar-refractivity contribution in [2.24, 2.45) is 0 Å². The van der Waals surface area contributed by atoms with Crippen LogP contribution in [0.5, 0.6) is 0 Å². The zero-order valence-corrected chi connectivity index (χ0v) is 20.1. The van der Waals surface area contributed by atoms with Crippen molar-refractivity contribution >= 4 is 17.9 Å². The van der Waals surface area contributed by atoms with E-state index in [1.165, 1.54) is 36.1 Å². The molecule has 1 fully saturated rings. The Morgan fingerprint density at radius 1 is 1.22 bits per heavy atom. The Morgan fingerprint density at radius 2 is 1.97 bits per heavy atom. The van der Waals surface area contributed by atoms with Crippen LogP contribution in [0.1, 0.15) is 76.8 Å². The van der Waals surface area contributed by atoms with Gasteiger partial charge in [0.25, 0.3) is 0 Å². The summed E-state index contributed by atoms with van der Waals surface area (Å²) < 4.78 is 4.68. The number of nitrogens with zero attached hydrogens (tertiary/aromatic N) is 1. The van der Waals surface area contributed by atoms with Gasteiger partial charge in [-0.25, -0.2) is 9.59 Å². The molecular formula is C25H40N4O3. The van der Waals surface area contributed by atoms with E-state index < -0.39 is 12.2 Å². The van der Waals surface area contributed by atoms with Crippen molar-refractivity contribution in [2.45, 2.75) is 89.8 Å². The highest BCUT2D eigenvalue weighted by Gasteiger charge is 2.49. The van der Waals surface area contributed by atoms with Gasteiger partial charge in [0, 0.05) is 30.7 Å². The molecule has 2 amide bonds. The lowest BCUT2D eigenvalue weighted by atomic mass is 9.80. The molecule has 178 valence electrons. The van der Waals surface area contributed by atoms with Gasteiger partial charge in [-0.1, -0.05) is 45.2 Å². The van der Waals surface area contributed by atoms with Crippen LogP contribution in [0, 0.1) is 0 Å². The molecule has 3 rings (SSSR count). The Kier molecular flexibility index (Phi) is 8.40. The Bertz CT molecular complexity index is 799. The molecule has 32 heavy (non-hydrogen) atoms. The molecule has 0 radical (unpaired) electrons. The molecule has 3 N–H and O–H groups in total. The molecule has 2 heterocycles. The average Bonchev–Trinajstić information content (AvgIpc) is 3.25. The fourth-order valence-corrected chi connectivity index (χ4v) is 4.95. The number of hydrogen-bond donors (Lipinski definition) is 3. The molecule has 0 saturated carbocycles. The van der Waals surface area contributed by atoms with Crippen molar-refractivity contribution in [3.63, 3.8) is 0 Å². The van der Waals surface area contributed by atoms with Gasteiger partial charge in [-0.2, -0.15) is 0 Å². The summed E-state index contributed by atoms with van der Waals surface area (Å²) in [6, 6.07) is 7.01. The number of likely N-dealkylation sites (N-methyl/N-ethyl adjacent to an activating group) is 1. The summed E-state index contributed by atoms with van der Waals surface area (Å²) in [6.07, 6.45) is 7.60. The minimum atomic E-state index is -0.691. The van der Waals surface area contributed by atoms with Gasteiger partial charge < -0.3 is 20.3 Å². The molecule has 2 aliphatic heterocycles. The summed E-state index contributed by atoms with van der Waals surface area (Å²) in [5.74, 6) is 0. The Morgan fingerprint density at radius 3 is 2.75 bits per heavy atom. The third kappa shape index (κ3) is 5.74. The van der Waals surface area contributed by atoms with E-state index in [1.54, 1.807) is 0 Å². The lowest BCUT2D eigenvalue weighted by Gasteiger charge is -2.27. The Balaban J connectivity index is 1.28. The molecule has 2 aliphatic rings. The number of aryl methyl sites for hydroxylation is 1. The van der Waals surface area contributed by atoms with Gasteiger partial charge in [0.2, 0.25) is 0 Å². The standard InChI is InChI=1S/C25H40N4O3/c1-5-18(2)28-24(31)32-23(30)27-15-10-8-6-7-9-11-19-12-13-21-20(17-19)25(3)14-16-26-22(25)29(21)4/h12-13,17-18,22,26H,5-11,14-16H2,1-4H3,(H,27,30)(H,28,31)/t18?,22-,25+/m1/s1. The lowest BCUT2D eigenvalue weighted by Crippen LogP contribution is -2.44. The highest BCUT2D eigenvalue weighted by molar-refractivity contribution is 5.83. The minimum Gasteiger partial charge on any atom is -0.359 e. The van der Waals surface area contributed by atoms with E-state index in [-0.39, 0.29) is 11.5 Å². The number of alkyl carbamates (subject to hydrolysis) is 2. The van der Waals surface area contributed by atoms with E-state index in [0.29, 0.717) is 12.7 Å². The molecule has 0 aromatic heterocycles. The summed E-state index contributed by atoms with van der Waals surface area (Å²) >= 11 is 0. The normalized spacial score (nSPS) is 22.2. The summed E-state index contributed by atoms with van der Waals surface area (Å²) in [5, 5.41) is 8.89. The van der Waals surface area contributed by atoms with E-state index in [2.05, 4.69) is 57.8 Å². The number of nitrogens with one attached hydrogen (secondary N) is 3. The van der Waals surface area contributed by atoms with Gasteiger partial charge in [0.1, 0.15) is 0 Å². The number of ether oxygens (including phenoxy) is 1. The summed E-state index contributed by atoms with van der Waals surface area (Å²) in [5.41, 5.74) is 4.54. The van der Waals surface area contributed by atoms with Gasteiger partial charge in [0.15, 0.2) is 0 Å². The van der Waals surface area contributed by atoms with Crippen molar-refractivity contribution in [2.75, 3.05) is 25.0 Å². The number of hydrogen-bond acceptors (Lipinski definition) is 5. The third-order valence-corrected chi connectivity index (χ3v) is 7.10. The predicted octanol–water partition coefficient (Wildman–Crippen LogP) is 4.44. The number of fused-ring (bicyclic) bond motifs is 3. The SMILES string of the molecule is CCC(C)NC(=O)OC(=O)NCCCCCCCc1ccc2c(c1)[C@]1(C)CCN[C@@H]1N2C. The van der Waals surface area contributed by atoms with Gasteiger partial charge in [-0.3, -0.25) is 5.32 Å². The molecule has 0 aliphatic carbocycles. The highest BCUT2D eigenvalue weighted by Crippen LogP contribution is 2.48. The number of rotatable bonds is 10. The van der Waals surface area contributed by atoms with Crippen LogP contribution in [-0.4, -0.2) is 44.5 Å². The first-order chi connectivity index (χ1) is 15.3. The van der Waals surface area contributed by atoms with Crippen LogP contribution in [0.25, 0.3) is 0 Å². The maximum Gasteiger partial charge on any atom is 0.416 e. The second-order valence-electron chi connectivity index (χ2n) is 9.56. The molecule has 7 nitrogen and oxygen atoms in total. The predicted molar refractivity (Wildman–Crippen MR) is 128 cm³/mol. The van der Waals surface area contributed by atoms with E-state index in [9.17, 15) is 9.59 Å². The van der Waals surface area contributed by atoms with Crippen molar-refractivity contribution < 1.29 is 14.3 Å². The molecule has 0 bridgehead atoms. The number of carbonyl (C=O) groups excluding carboxylic acids is 2. The first-order valence-corrected chi connectivity index (χ1v) is 12.2. The zero-order chi connectivity index (χ0) is 23.1. The van der Waals surface area contributed by atoms with E-state index in [1.807, 2.05) is 13.8 Å². The number of amides is 2. The smallest absolute Gasteiger partial charge is 0.359 e. The number of unbranched alkanes of at least 4 members (excludes halogenated alkanes) is 4. The minimum absolute atomic E-state index is 0.00633. The quantitative estimate of drug-likeness (QED) is 0.367. The van der Waals surface area contributed by atoms with Crippen molar-refractivity contribution in [1.82, 2.24) is 16.0 Å². The molecular weight excluding hydrogens is 404 g/mol.